The zero-order valence-electron chi connectivity index (χ0n) is 14.1. The first kappa shape index (κ1) is 15.4. The number of aromatic nitrogens is 2. The van der Waals surface area contributed by atoms with Crippen LogP contribution in [0.3, 0.4) is 0 Å². The fourth-order valence-corrected chi connectivity index (χ4v) is 4.19. The molecule has 3 atom stereocenters. The predicted octanol–water partition coefficient (Wildman–Crippen LogP) is 2.22. The average Bonchev–Trinajstić information content (AvgIpc) is 3.24. The van der Waals surface area contributed by atoms with Gasteiger partial charge in [-0.15, -0.1) is 0 Å². The van der Waals surface area contributed by atoms with Crippen molar-refractivity contribution in [2.75, 3.05) is 13.6 Å². The number of amides is 1. The Bertz CT molecular complexity index is 695. The molecular formula is C19H24N4O. The Morgan fingerprint density at radius 2 is 2.04 bits per heavy atom. The van der Waals surface area contributed by atoms with E-state index in [1.165, 1.54) is 12.0 Å². The van der Waals surface area contributed by atoms with E-state index in [1.54, 1.807) is 6.20 Å². The largest absolute Gasteiger partial charge is 0.356 e. The van der Waals surface area contributed by atoms with Crippen LogP contribution in [0.1, 0.15) is 24.8 Å². The maximum atomic E-state index is 11.6. The summed E-state index contributed by atoms with van der Waals surface area (Å²) in [6.07, 6.45) is 6.82. The highest BCUT2D eigenvalue weighted by molar-refractivity contribution is 5.77. The van der Waals surface area contributed by atoms with Gasteiger partial charge in [0.2, 0.25) is 5.91 Å². The van der Waals surface area contributed by atoms with Gasteiger partial charge >= 0.3 is 0 Å². The van der Waals surface area contributed by atoms with Crippen molar-refractivity contribution in [1.29, 1.82) is 0 Å². The number of benzene rings is 1. The van der Waals surface area contributed by atoms with Crippen LogP contribution in [0.4, 0.5) is 0 Å². The number of carbonyl (C=O) groups is 1. The van der Waals surface area contributed by atoms with E-state index in [0.29, 0.717) is 24.3 Å². The summed E-state index contributed by atoms with van der Waals surface area (Å²) in [5, 5.41) is 7.28. The van der Waals surface area contributed by atoms with Crippen LogP contribution in [-0.4, -0.2) is 40.2 Å². The van der Waals surface area contributed by atoms with Gasteiger partial charge in [-0.2, -0.15) is 5.10 Å². The monoisotopic (exact) mass is 324 g/mol. The summed E-state index contributed by atoms with van der Waals surface area (Å²) in [5.74, 6) is 1.47. The topological polar surface area (TPSA) is 50.2 Å². The van der Waals surface area contributed by atoms with Gasteiger partial charge in [0.25, 0.3) is 0 Å². The van der Waals surface area contributed by atoms with Crippen LogP contribution in [-0.2, 0) is 11.3 Å². The molecule has 2 heterocycles. The number of rotatable bonds is 4. The van der Waals surface area contributed by atoms with Crippen molar-refractivity contribution in [3.05, 3.63) is 48.3 Å². The molecule has 2 aliphatic rings. The number of hydrogen-bond donors (Lipinski definition) is 1. The van der Waals surface area contributed by atoms with E-state index in [1.807, 2.05) is 16.9 Å². The molecule has 1 aromatic carbocycles. The third-order valence-corrected chi connectivity index (χ3v) is 5.59. The van der Waals surface area contributed by atoms with Crippen molar-refractivity contribution in [2.24, 2.45) is 11.8 Å². The molecule has 1 N–H and O–H groups in total. The van der Waals surface area contributed by atoms with Crippen molar-refractivity contribution in [1.82, 2.24) is 20.0 Å². The summed E-state index contributed by atoms with van der Waals surface area (Å²) in [5.41, 5.74) is 2.40. The Balaban J connectivity index is 1.38. The number of carbonyl (C=O) groups excluding carboxylic acids is 1. The van der Waals surface area contributed by atoms with E-state index in [9.17, 15) is 4.79 Å². The van der Waals surface area contributed by atoms with Gasteiger partial charge in [-0.1, -0.05) is 12.1 Å². The Kier molecular flexibility index (Phi) is 4.10. The highest BCUT2D eigenvalue weighted by atomic mass is 16.1. The number of piperidine rings is 1. The molecular weight excluding hydrogens is 300 g/mol. The standard InChI is InChI=1S/C19H24N4O/c1-22(18-9-15-11-19(24)20-12-16(15)10-18)13-14-3-5-17(6-4-14)23-8-2-7-21-23/h2-8,15-16,18H,9-13H2,1H3,(H,20,24)/t15-,16+,18-/m0/s1. The second-order valence-electron chi connectivity index (χ2n) is 7.19. The Morgan fingerprint density at radius 1 is 1.25 bits per heavy atom. The number of fused-ring (bicyclic) bond motifs is 1. The zero-order valence-corrected chi connectivity index (χ0v) is 14.1. The smallest absolute Gasteiger partial charge is 0.220 e. The third-order valence-electron chi connectivity index (χ3n) is 5.59. The molecule has 1 saturated heterocycles. The molecule has 24 heavy (non-hydrogen) atoms. The molecule has 0 spiro atoms. The van der Waals surface area contributed by atoms with Gasteiger partial charge in [-0.3, -0.25) is 9.69 Å². The lowest BCUT2D eigenvalue weighted by Gasteiger charge is -2.24. The Labute approximate surface area is 142 Å². The second-order valence-corrected chi connectivity index (χ2v) is 7.19. The van der Waals surface area contributed by atoms with Gasteiger partial charge < -0.3 is 5.32 Å². The number of nitrogens with zero attached hydrogens (tertiary/aromatic N) is 3. The molecule has 0 unspecified atom stereocenters. The van der Waals surface area contributed by atoms with Gasteiger partial charge in [0, 0.05) is 37.9 Å². The van der Waals surface area contributed by atoms with E-state index >= 15 is 0 Å². The number of nitrogens with one attached hydrogen (secondary N) is 1. The van der Waals surface area contributed by atoms with E-state index in [0.717, 1.165) is 25.2 Å². The molecule has 5 nitrogen and oxygen atoms in total. The highest BCUT2D eigenvalue weighted by Gasteiger charge is 2.39. The van der Waals surface area contributed by atoms with Crippen LogP contribution in [0.5, 0.6) is 0 Å². The quantitative estimate of drug-likeness (QED) is 0.938. The first-order chi connectivity index (χ1) is 11.7. The van der Waals surface area contributed by atoms with Crippen molar-refractivity contribution >= 4 is 5.91 Å². The van der Waals surface area contributed by atoms with Crippen molar-refractivity contribution in [2.45, 2.75) is 31.8 Å². The first-order valence-electron chi connectivity index (χ1n) is 8.75. The Morgan fingerprint density at radius 3 is 2.79 bits per heavy atom. The summed E-state index contributed by atoms with van der Waals surface area (Å²) < 4.78 is 1.87. The summed E-state index contributed by atoms with van der Waals surface area (Å²) in [6, 6.07) is 11.1. The molecule has 5 heteroatoms. The molecule has 1 aliphatic heterocycles. The number of hydrogen-bond acceptors (Lipinski definition) is 3. The molecule has 4 rings (SSSR count). The molecule has 0 bridgehead atoms. The minimum Gasteiger partial charge on any atom is -0.356 e. The molecule has 0 radical (unpaired) electrons. The lowest BCUT2D eigenvalue weighted by Crippen LogP contribution is -2.38. The lowest BCUT2D eigenvalue weighted by molar-refractivity contribution is -0.124. The van der Waals surface area contributed by atoms with Gasteiger partial charge in [0.1, 0.15) is 0 Å². The van der Waals surface area contributed by atoms with Crippen LogP contribution >= 0.6 is 0 Å². The normalized spacial score (nSPS) is 26.4. The SMILES string of the molecule is CN(Cc1ccc(-n2cccn2)cc1)[C@H]1C[C@H]2CC(=O)NC[C@H]2C1. The fourth-order valence-electron chi connectivity index (χ4n) is 4.19. The van der Waals surface area contributed by atoms with Crippen molar-refractivity contribution in [3.8, 4) is 5.69 Å². The summed E-state index contributed by atoms with van der Waals surface area (Å²) >= 11 is 0. The van der Waals surface area contributed by atoms with Gasteiger partial charge in [-0.05, 0) is 55.5 Å². The van der Waals surface area contributed by atoms with Crippen LogP contribution in [0.25, 0.3) is 5.69 Å². The maximum absolute atomic E-state index is 11.6. The minimum atomic E-state index is 0.230. The third kappa shape index (κ3) is 3.08. The summed E-state index contributed by atoms with van der Waals surface area (Å²) in [7, 11) is 2.21. The molecule has 126 valence electrons. The van der Waals surface area contributed by atoms with Gasteiger partial charge in [0.05, 0.1) is 5.69 Å². The van der Waals surface area contributed by atoms with Crippen molar-refractivity contribution in [3.63, 3.8) is 0 Å². The molecule has 1 aromatic heterocycles. The molecule has 2 fully saturated rings. The van der Waals surface area contributed by atoms with E-state index in [2.05, 4.69) is 46.6 Å². The first-order valence-corrected chi connectivity index (χ1v) is 8.75. The van der Waals surface area contributed by atoms with Crippen LogP contribution < -0.4 is 5.32 Å². The van der Waals surface area contributed by atoms with Crippen molar-refractivity contribution < 1.29 is 4.79 Å². The van der Waals surface area contributed by atoms with E-state index < -0.39 is 0 Å². The lowest BCUT2D eigenvalue weighted by atomic mass is 9.89. The van der Waals surface area contributed by atoms with E-state index in [4.69, 9.17) is 0 Å². The fraction of sp³-hybridized carbons (Fsp3) is 0.474. The van der Waals surface area contributed by atoms with Crippen LogP contribution in [0, 0.1) is 11.8 Å². The average molecular weight is 324 g/mol. The molecule has 1 aliphatic carbocycles. The van der Waals surface area contributed by atoms with Crippen LogP contribution in [0.2, 0.25) is 0 Å². The predicted molar refractivity (Wildman–Crippen MR) is 92.7 cm³/mol. The Hall–Kier alpha value is -2.14. The summed E-state index contributed by atoms with van der Waals surface area (Å²) in [6.45, 7) is 1.82. The van der Waals surface area contributed by atoms with Gasteiger partial charge in [-0.25, -0.2) is 4.68 Å². The minimum absolute atomic E-state index is 0.230. The molecule has 1 saturated carbocycles. The van der Waals surface area contributed by atoms with Crippen LogP contribution in [0.15, 0.2) is 42.7 Å². The van der Waals surface area contributed by atoms with E-state index in [-0.39, 0.29) is 5.91 Å². The maximum Gasteiger partial charge on any atom is 0.220 e. The molecule has 2 aromatic rings. The zero-order chi connectivity index (χ0) is 16.5. The highest BCUT2D eigenvalue weighted by Crippen LogP contribution is 2.38. The van der Waals surface area contributed by atoms with Gasteiger partial charge in [0.15, 0.2) is 0 Å². The second kappa shape index (κ2) is 6.40. The summed E-state index contributed by atoms with van der Waals surface area (Å²) in [4.78, 5) is 14.0. The molecule has 1 amide bonds.